The van der Waals surface area contributed by atoms with E-state index in [1.54, 1.807) is 41.8 Å². The third-order valence-corrected chi connectivity index (χ3v) is 9.98. The molecule has 4 fully saturated rings. The van der Waals surface area contributed by atoms with Crippen molar-refractivity contribution < 1.29 is 42.7 Å². The molecular weight excluding hydrogens is 725 g/mol. The second-order valence-electron chi connectivity index (χ2n) is 14.6. The molecule has 2 aromatic carbocycles. The van der Waals surface area contributed by atoms with Crippen molar-refractivity contribution in [1.82, 2.24) is 25.3 Å². The van der Waals surface area contributed by atoms with E-state index in [2.05, 4.69) is 16.0 Å². The lowest BCUT2D eigenvalue weighted by Crippen LogP contribution is -2.59. The Hall–Kier alpha value is -5.54. The van der Waals surface area contributed by atoms with Gasteiger partial charge in [-0.05, 0) is 102 Å². The van der Waals surface area contributed by atoms with Gasteiger partial charge in [0.25, 0.3) is 0 Å². The fourth-order valence-electron chi connectivity index (χ4n) is 7.14. The van der Waals surface area contributed by atoms with Crippen LogP contribution in [0, 0.1) is 19.7 Å². The van der Waals surface area contributed by atoms with Crippen LogP contribution in [-0.2, 0) is 33.5 Å². The lowest BCUT2D eigenvalue weighted by Gasteiger charge is -2.38. The van der Waals surface area contributed by atoms with E-state index in [4.69, 9.17) is 10.5 Å². The highest BCUT2D eigenvalue weighted by atomic mass is 19.1. The predicted molar refractivity (Wildman–Crippen MR) is 205 cm³/mol. The molecule has 0 spiro atoms. The van der Waals surface area contributed by atoms with E-state index in [9.17, 15) is 38.0 Å². The van der Waals surface area contributed by atoms with Crippen LogP contribution in [0.4, 0.5) is 14.9 Å². The van der Waals surface area contributed by atoms with E-state index in [0.29, 0.717) is 57.4 Å². The summed E-state index contributed by atoms with van der Waals surface area (Å²) in [5, 5.41) is 7.67. The SMILES string of the molecule is CC1CC(=O)N2CCCC2C(=O)N2CCCCC2C(=O)NC(C)C(=O)N2CCCC2C(=O)O1.Cc1ccc(NC(=O)NCC(N)=O)cc1.Cc1cccc(F)c1. The summed E-state index contributed by atoms with van der Waals surface area (Å²) in [5.74, 6) is -2.41. The van der Waals surface area contributed by atoms with E-state index in [0.717, 1.165) is 24.0 Å². The van der Waals surface area contributed by atoms with Crippen LogP contribution in [0.5, 0.6) is 0 Å². The molecule has 0 aromatic heterocycles. The van der Waals surface area contributed by atoms with E-state index < -0.39 is 48.2 Å². The van der Waals surface area contributed by atoms with Crippen molar-refractivity contribution in [2.24, 2.45) is 5.73 Å². The normalized spacial score (nSPS) is 24.2. The zero-order chi connectivity index (χ0) is 40.9. The summed E-state index contributed by atoms with van der Waals surface area (Å²) in [6, 6.07) is 10.6. The Kier molecular flexibility index (Phi) is 15.7. The van der Waals surface area contributed by atoms with Crippen LogP contribution in [0.15, 0.2) is 48.5 Å². The number of hydrogen-bond acceptors (Lipinski definition) is 8. The van der Waals surface area contributed by atoms with Crippen LogP contribution in [0.25, 0.3) is 0 Å². The van der Waals surface area contributed by atoms with Gasteiger partial charge in [-0.1, -0.05) is 29.8 Å². The quantitative estimate of drug-likeness (QED) is 0.341. The number of nitrogens with two attached hydrogens (primary N) is 1. The Morgan fingerprint density at radius 1 is 0.804 bits per heavy atom. The second kappa shape index (κ2) is 20.4. The number of amides is 7. The molecule has 6 rings (SSSR count). The molecule has 5 N–H and O–H groups in total. The molecule has 4 heterocycles. The Morgan fingerprint density at radius 3 is 2.07 bits per heavy atom. The molecule has 0 bridgehead atoms. The second-order valence-corrected chi connectivity index (χ2v) is 14.6. The average molecular weight is 780 g/mol. The van der Waals surface area contributed by atoms with Gasteiger partial charge in [-0.2, -0.15) is 0 Å². The Balaban J connectivity index is 0.000000248. The number of carbonyl (C=O) groups is 7. The summed E-state index contributed by atoms with van der Waals surface area (Å²) in [4.78, 5) is 91.7. The van der Waals surface area contributed by atoms with Crippen LogP contribution in [0.3, 0.4) is 0 Å². The molecule has 2 aromatic rings. The molecule has 15 nitrogen and oxygen atoms in total. The number of carbonyl (C=O) groups excluding carboxylic acids is 7. The van der Waals surface area contributed by atoms with Crippen molar-refractivity contribution in [3.8, 4) is 0 Å². The van der Waals surface area contributed by atoms with Crippen molar-refractivity contribution >= 4 is 47.2 Å². The topological polar surface area (TPSA) is 201 Å². The molecule has 7 amide bonds. The number of nitrogens with one attached hydrogen (secondary N) is 3. The summed E-state index contributed by atoms with van der Waals surface area (Å²) in [5.41, 5.74) is 7.61. The largest absolute Gasteiger partial charge is 0.461 e. The molecular formula is C40H54FN7O8. The van der Waals surface area contributed by atoms with Crippen molar-refractivity contribution in [3.63, 3.8) is 0 Å². The predicted octanol–water partition coefficient (Wildman–Crippen LogP) is 2.93. The fraction of sp³-hybridized carbons (Fsp3) is 0.525. The molecule has 56 heavy (non-hydrogen) atoms. The van der Waals surface area contributed by atoms with Crippen LogP contribution in [-0.4, -0.2) is 113 Å². The monoisotopic (exact) mass is 779 g/mol. The molecule has 0 aliphatic carbocycles. The third-order valence-electron chi connectivity index (χ3n) is 9.98. The number of esters is 1. The van der Waals surface area contributed by atoms with Gasteiger partial charge in [-0.3, -0.25) is 24.0 Å². The van der Waals surface area contributed by atoms with Gasteiger partial charge in [0, 0.05) is 25.3 Å². The molecule has 304 valence electrons. The number of urea groups is 1. The van der Waals surface area contributed by atoms with Crippen molar-refractivity contribution in [2.75, 3.05) is 31.5 Å². The van der Waals surface area contributed by atoms with Gasteiger partial charge in [0.2, 0.25) is 29.5 Å². The number of cyclic esters (lactones) is 1. The minimum atomic E-state index is -0.820. The Bertz CT molecular complexity index is 1720. The van der Waals surface area contributed by atoms with Crippen LogP contribution in [0.1, 0.15) is 76.3 Å². The van der Waals surface area contributed by atoms with E-state index in [1.807, 2.05) is 32.0 Å². The first-order valence-corrected chi connectivity index (χ1v) is 19.2. The number of benzene rings is 2. The van der Waals surface area contributed by atoms with Gasteiger partial charge >= 0.3 is 12.0 Å². The van der Waals surface area contributed by atoms with Crippen LogP contribution >= 0.6 is 0 Å². The number of aryl methyl sites for hydroxylation is 2. The first kappa shape index (κ1) is 43.2. The maximum Gasteiger partial charge on any atom is 0.329 e. The summed E-state index contributed by atoms with van der Waals surface area (Å²) < 4.78 is 17.7. The lowest BCUT2D eigenvalue weighted by molar-refractivity contribution is -0.160. The number of primary amides is 1. The average Bonchev–Trinajstić information content (AvgIpc) is 3.86. The number of piperidine rings is 1. The number of halogens is 1. The number of rotatable bonds is 3. The van der Waals surface area contributed by atoms with E-state index >= 15 is 0 Å². The summed E-state index contributed by atoms with van der Waals surface area (Å²) in [6.07, 6.45) is 3.88. The summed E-state index contributed by atoms with van der Waals surface area (Å²) in [6.45, 7) is 8.27. The molecule has 0 radical (unpaired) electrons. The highest BCUT2D eigenvalue weighted by molar-refractivity contribution is 5.96. The Morgan fingerprint density at radius 2 is 1.43 bits per heavy atom. The van der Waals surface area contributed by atoms with Gasteiger partial charge in [0.05, 0.1) is 13.0 Å². The van der Waals surface area contributed by atoms with E-state index in [1.165, 1.54) is 17.0 Å². The van der Waals surface area contributed by atoms with Crippen molar-refractivity contribution in [2.45, 2.75) is 109 Å². The molecule has 4 saturated heterocycles. The van der Waals surface area contributed by atoms with Gasteiger partial charge in [-0.15, -0.1) is 0 Å². The minimum absolute atomic E-state index is 0.0174. The van der Waals surface area contributed by atoms with Crippen molar-refractivity contribution in [1.29, 1.82) is 0 Å². The van der Waals surface area contributed by atoms with Gasteiger partial charge in [-0.25, -0.2) is 14.0 Å². The molecule has 16 heteroatoms. The third kappa shape index (κ3) is 12.2. The number of fused-ring (bicyclic) bond motifs is 3. The molecule has 4 aliphatic heterocycles. The molecule has 4 aliphatic rings. The van der Waals surface area contributed by atoms with Crippen molar-refractivity contribution in [3.05, 3.63) is 65.5 Å². The lowest BCUT2D eigenvalue weighted by atomic mass is 9.99. The Labute approximate surface area is 326 Å². The first-order chi connectivity index (χ1) is 26.6. The number of hydrogen-bond donors (Lipinski definition) is 4. The zero-order valence-corrected chi connectivity index (χ0v) is 32.6. The molecule has 5 atom stereocenters. The minimum Gasteiger partial charge on any atom is -0.461 e. The highest BCUT2D eigenvalue weighted by Crippen LogP contribution is 2.27. The van der Waals surface area contributed by atoms with Crippen LogP contribution < -0.4 is 21.7 Å². The number of ether oxygens (including phenoxy) is 1. The van der Waals surface area contributed by atoms with Crippen LogP contribution in [0.2, 0.25) is 0 Å². The number of anilines is 1. The maximum absolute atomic E-state index is 13.5. The standard InChI is InChI=1S/C23H34N4O6.C10H13N3O2.C7H7F/c1-14-13-19(28)25-11-5-8-17(25)22(31)26-10-4-3-7-16(26)20(29)24-15(2)21(30)27-12-6-9-18(27)23(32)33-14;1-7-2-4-8(5-3-7)13-10(15)12-6-9(11)14;1-6-3-2-4-7(8)5-6/h14-18H,3-13H2,1-2H3,(H,24,29);2-5H,6H2,1H3,(H2,11,14)(H2,12,13,15);2-5H,1H3. The summed E-state index contributed by atoms with van der Waals surface area (Å²) >= 11 is 0. The maximum atomic E-state index is 13.5. The molecule has 0 saturated carbocycles. The van der Waals surface area contributed by atoms with E-state index in [-0.39, 0.29) is 42.4 Å². The van der Waals surface area contributed by atoms with Gasteiger partial charge in [0.1, 0.15) is 36.1 Å². The molecule has 5 unspecified atom stereocenters. The van der Waals surface area contributed by atoms with Gasteiger partial charge < -0.3 is 41.1 Å². The first-order valence-electron chi connectivity index (χ1n) is 19.2. The number of nitrogens with zero attached hydrogens (tertiary/aromatic N) is 3. The summed E-state index contributed by atoms with van der Waals surface area (Å²) in [7, 11) is 0. The smallest absolute Gasteiger partial charge is 0.329 e. The fourth-order valence-corrected chi connectivity index (χ4v) is 7.14. The highest BCUT2D eigenvalue weighted by Gasteiger charge is 2.43. The zero-order valence-electron chi connectivity index (χ0n) is 32.6. The van der Waals surface area contributed by atoms with Gasteiger partial charge in [0.15, 0.2) is 0 Å².